The van der Waals surface area contributed by atoms with Crippen LogP contribution in [0, 0.1) is 17.6 Å². The van der Waals surface area contributed by atoms with Gasteiger partial charge in [-0.3, -0.25) is 0 Å². The molecule has 4 heteroatoms. The lowest BCUT2D eigenvalue weighted by Gasteiger charge is -2.23. The van der Waals surface area contributed by atoms with Crippen LogP contribution in [0.1, 0.15) is 37.8 Å². The van der Waals surface area contributed by atoms with E-state index in [1.165, 1.54) is 18.2 Å². The third-order valence-electron chi connectivity index (χ3n) is 3.72. The molecule has 3 N–H and O–H groups in total. The van der Waals surface area contributed by atoms with Crippen molar-refractivity contribution >= 4 is 0 Å². The zero-order valence-corrected chi connectivity index (χ0v) is 10.6. The summed E-state index contributed by atoms with van der Waals surface area (Å²) in [5.41, 5.74) is 5.73. The Morgan fingerprint density at radius 2 is 2.00 bits per heavy atom. The second kappa shape index (κ2) is 5.76. The maximum atomic E-state index is 13.7. The van der Waals surface area contributed by atoms with Crippen LogP contribution in [0.4, 0.5) is 8.78 Å². The van der Waals surface area contributed by atoms with E-state index in [2.05, 4.69) is 12.2 Å². The summed E-state index contributed by atoms with van der Waals surface area (Å²) >= 11 is 0. The minimum absolute atomic E-state index is 0.0690. The molecule has 0 saturated heterocycles. The van der Waals surface area contributed by atoms with Gasteiger partial charge in [-0.25, -0.2) is 8.78 Å². The number of nitrogens with two attached hydrogens (primary N) is 1. The highest BCUT2D eigenvalue weighted by molar-refractivity contribution is 5.24. The Labute approximate surface area is 107 Å². The van der Waals surface area contributed by atoms with Crippen LogP contribution in [0.15, 0.2) is 18.2 Å². The van der Waals surface area contributed by atoms with Gasteiger partial charge in [0.2, 0.25) is 0 Å². The molecule has 0 aromatic heterocycles. The van der Waals surface area contributed by atoms with Gasteiger partial charge in [-0.05, 0) is 37.3 Å². The topological polar surface area (TPSA) is 38.0 Å². The molecule has 1 aliphatic rings. The molecule has 18 heavy (non-hydrogen) atoms. The smallest absolute Gasteiger partial charge is 0.130 e. The lowest BCUT2D eigenvalue weighted by Crippen LogP contribution is -2.36. The molecule has 0 heterocycles. The van der Waals surface area contributed by atoms with E-state index < -0.39 is 17.7 Å². The molecule has 1 aliphatic carbocycles. The summed E-state index contributed by atoms with van der Waals surface area (Å²) in [5.74, 6) is -0.376. The second-order valence-electron chi connectivity index (χ2n) is 5.21. The number of hydrogen-bond donors (Lipinski definition) is 2. The zero-order chi connectivity index (χ0) is 13.1. The monoisotopic (exact) mass is 254 g/mol. The van der Waals surface area contributed by atoms with Crippen molar-refractivity contribution < 1.29 is 8.78 Å². The average Bonchev–Trinajstić information content (AvgIpc) is 2.73. The summed E-state index contributed by atoms with van der Waals surface area (Å²) < 4.78 is 27.4. The predicted molar refractivity (Wildman–Crippen MR) is 68.1 cm³/mol. The number of rotatable bonds is 4. The number of halogens is 2. The maximum absolute atomic E-state index is 13.7. The van der Waals surface area contributed by atoms with Gasteiger partial charge in [-0.2, -0.15) is 0 Å². The van der Waals surface area contributed by atoms with E-state index in [4.69, 9.17) is 5.73 Å². The van der Waals surface area contributed by atoms with Crippen molar-refractivity contribution in [1.82, 2.24) is 5.32 Å². The fourth-order valence-corrected chi connectivity index (χ4v) is 2.76. The molecular weight excluding hydrogens is 234 g/mol. The highest BCUT2D eigenvalue weighted by Crippen LogP contribution is 2.28. The second-order valence-corrected chi connectivity index (χ2v) is 5.21. The van der Waals surface area contributed by atoms with Gasteiger partial charge >= 0.3 is 0 Å². The van der Waals surface area contributed by atoms with Gasteiger partial charge in [0.1, 0.15) is 11.6 Å². The first-order valence-corrected chi connectivity index (χ1v) is 6.51. The van der Waals surface area contributed by atoms with Gasteiger partial charge in [0, 0.05) is 18.2 Å². The summed E-state index contributed by atoms with van der Waals surface area (Å²) in [6, 6.07) is 3.80. The van der Waals surface area contributed by atoms with E-state index in [0.717, 1.165) is 19.3 Å². The van der Waals surface area contributed by atoms with Crippen LogP contribution in [0.25, 0.3) is 0 Å². The van der Waals surface area contributed by atoms with Crippen LogP contribution in [-0.2, 0) is 0 Å². The number of hydrogen-bond acceptors (Lipinski definition) is 2. The van der Waals surface area contributed by atoms with E-state index in [0.29, 0.717) is 12.0 Å². The average molecular weight is 254 g/mol. The third kappa shape index (κ3) is 2.87. The van der Waals surface area contributed by atoms with E-state index in [1.807, 2.05) is 0 Å². The van der Waals surface area contributed by atoms with Crippen LogP contribution in [0.5, 0.6) is 0 Å². The number of nitrogens with one attached hydrogen (secondary N) is 1. The standard InChI is InChI=1S/C14H20F2N2/c1-9-5-6-10(7-9)18-13(8-17)14-11(15)3-2-4-12(14)16/h2-4,9-10,13,18H,5-8,17H2,1H3. The summed E-state index contributed by atoms with van der Waals surface area (Å²) in [5, 5.41) is 3.29. The molecule has 0 bridgehead atoms. The molecule has 100 valence electrons. The van der Waals surface area contributed by atoms with Crippen LogP contribution >= 0.6 is 0 Å². The molecule has 1 aromatic rings. The molecule has 1 saturated carbocycles. The normalized spacial score (nSPS) is 25.3. The summed E-state index contributed by atoms with van der Waals surface area (Å²) in [6.45, 7) is 2.39. The SMILES string of the molecule is CC1CCC(NC(CN)c2c(F)cccc2F)C1. The lowest BCUT2D eigenvalue weighted by molar-refractivity contribution is 0.408. The number of benzene rings is 1. The third-order valence-corrected chi connectivity index (χ3v) is 3.72. The Morgan fingerprint density at radius 3 is 2.50 bits per heavy atom. The minimum Gasteiger partial charge on any atom is -0.329 e. The van der Waals surface area contributed by atoms with E-state index in [9.17, 15) is 8.78 Å². The molecule has 0 amide bonds. The fourth-order valence-electron chi connectivity index (χ4n) is 2.76. The van der Waals surface area contributed by atoms with Crippen LogP contribution in [0.2, 0.25) is 0 Å². The largest absolute Gasteiger partial charge is 0.329 e. The molecule has 3 unspecified atom stereocenters. The molecule has 0 aliphatic heterocycles. The highest BCUT2D eigenvalue weighted by atomic mass is 19.1. The summed E-state index contributed by atoms with van der Waals surface area (Å²) in [4.78, 5) is 0. The molecular formula is C14H20F2N2. The van der Waals surface area contributed by atoms with Gasteiger partial charge in [-0.15, -0.1) is 0 Å². The highest BCUT2D eigenvalue weighted by Gasteiger charge is 2.26. The van der Waals surface area contributed by atoms with Crippen molar-refractivity contribution in [2.24, 2.45) is 11.7 Å². The molecule has 2 rings (SSSR count). The molecule has 1 fully saturated rings. The molecule has 0 radical (unpaired) electrons. The van der Waals surface area contributed by atoms with Crippen molar-refractivity contribution in [3.8, 4) is 0 Å². The molecule has 1 aromatic carbocycles. The first-order chi connectivity index (χ1) is 8.61. The van der Waals surface area contributed by atoms with Crippen LogP contribution in [-0.4, -0.2) is 12.6 Å². The Hall–Kier alpha value is -1.00. The summed E-state index contributed by atoms with van der Waals surface area (Å²) in [7, 11) is 0. The van der Waals surface area contributed by atoms with E-state index >= 15 is 0 Å². The van der Waals surface area contributed by atoms with Crippen molar-refractivity contribution in [3.05, 3.63) is 35.4 Å². The van der Waals surface area contributed by atoms with Crippen molar-refractivity contribution in [2.75, 3.05) is 6.54 Å². The van der Waals surface area contributed by atoms with Gasteiger partial charge in [0.15, 0.2) is 0 Å². The van der Waals surface area contributed by atoms with Crippen molar-refractivity contribution in [1.29, 1.82) is 0 Å². The first kappa shape index (κ1) is 13.4. The molecule has 0 spiro atoms. The van der Waals surface area contributed by atoms with Crippen molar-refractivity contribution in [2.45, 2.75) is 38.3 Å². The van der Waals surface area contributed by atoms with Gasteiger partial charge < -0.3 is 11.1 Å². The Kier molecular flexibility index (Phi) is 4.30. The van der Waals surface area contributed by atoms with Gasteiger partial charge in [0.25, 0.3) is 0 Å². The van der Waals surface area contributed by atoms with Crippen LogP contribution < -0.4 is 11.1 Å². The Morgan fingerprint density at radius 1 is 1.33 bits per heavy atom. The quantitative estimate of drug-likeness (QED) is 0.867. The van der Waals surface area contributed by atoms with Crippen LogP contribution in [0.3, 0.4) is 0 Å². The lowest BCUT2D eigenvalue weighted by atomic mass is 10.0. The van der Waals surface area contributed by atoms with E-state index in [-0.39, 0.29) is 12.1 Å². The zero-order valence-electron chi connectivity index (χ0n) is 10.6. The van der Waals surface area contributed by atoms with Gasteiger partial charge in [0.05, 0.1) is 6.04 Å². The molecule has 2 nitrogen and oxygen atoms in total. The van der Waals surface area contributed by atoms with E-state index in [1.54, 1.807) is 0 Å². The van der Waals surface area contributed by atoms with Crippen molar-refractivity contribution in [3.63, 3.8) is 0 Å². The Balaban J connectivity index is 2.13. The minimum atomic E-state index is -0.524. The first-order valence-electron chi connectivity index (χ1n) is 6.51. The predicted octanol–water partition coefficient (Wildman–Crippen LogP) is 2.74. The fraction of sp³-hybridized carbons (Fsp3) is 0.571. The summed E-state index contributed by atoms with van der Waals surface area (Å²) in [6.07, 6.45) is 3.26. The molecule has 3 atom stereocenters. The Bertz CT molecular complexity index is 389. The van der Waals surface area contributed by atoms with Gasteiger partial charge in [-0.1, -0.05) is 13.0 Å². The maximum Gasteiger partial charge on any atom is 0.130 e.